The quantitative estimate of drug-likeness (QED) is 0.785. The number of ether oxygens (including phenoxy) is 2. The average molecular weight is 378 g/mol. The number of rotatable bonds is 6. The van der Waals surface area contributed by atoms with Gasteiger partial charge in [-0.05, 0) is 41.3 Å². The Bertz CT molecular complexity index is 923. The van der Waals surface area contributed by atoms with Crippen molar-refractivity contribution in [2.75, 3.05) is 13.3 Å². The Kier molecular flexibility index (Phi) is 5.28. The van der Waals surface area contributed by atoms with Crippen molar-refractivity contribution in [3.05, 3.63) is 65.2 Å². The van der Waals surface area contributed by atoms with E-state index in [9.17, 15) is 9.59 Å². The first kappa shape index (κ1) is 18.1. The van der Waals surface area contributed by atoms with Crippen LogP contribution in [0.2, 0.25) is 0 Å². The Morgan fingerprint density at radius 2 is 1.93 bits per heavy atom. The summed E-state index contributed by atoms with van der Waals surface area (Å²) in [7, 11) is 0. The largest absolute Gasteiger partial charge is 0.454 e. The molecule has 0 unspecified atom stereocenters. The van der Waals surface area contributed by atoms with Gasteiger partial charge in [-0.25, -0.2) is 0 Å². The van der Waals surface area contributed by atoms with Crippen molar-refractivity contribution in [3.8, 4) is 11.5 Å². The van der Waals surface area contributed by atoms with Crippen LogP contribution in [0.3, 0.4) is 0 Å². The Morgan fingerprint density at radius 1 is 1.11 bits per heavy atom. The summed E-state index contributed by atoms with van der Waals surface area (Å²) in [6.07, 6.45) is 4.79. The monoisotopic (exact) mass is 378 g/mol. The number of likely N-dealkylation sites (tertiary alicyclic amines) is 1. The van der Waals surface area contributed by atoms with Crippen molar-refractivity contribution < 1.29 is 19.1 Å². The number of amides is 2. The molecule has 2 aromatic carbocycles. The van der Waals surface area contributed by atoms with Crippen molar-refractivity contribution in [1.29, 1.82) is 0 Å². The van der Waals surface area contributed by atoms with E-state index < -0.39 is 0 Å². The summed E-state index contributed by atoms with van der Waals surface area (Å²) in [6.45, 7) is 2.05. The molecule has 2 aromatic rings. The van der Waals surface area contributed by atoms with Gasteiger partial charge < -0.3 is 19.7 Å². The molecule has 1 fully saturated rings. The zero-order chi connectivity index (χ0) is 19.3. The maximum Gasteiger partial charge on any atom is 0.244 e. The lowest BCUT2D eigenvalue weighted by atomic mass is 10.1. The number of nitrogens with zero attached hydrogens (tertiary/aromatic N) is 1. The van der Waals surface area contributed by atoms with Gasteiger partial charge in [0, 0.05) is 32.1 Å². The minimum absolute atomic E-state index is 0.176. The zero-order valence-corrected chi connectivity index (χ0v) is 15.5. The molecule has 6 heteroatoms. The van der Waals surface area contributed by atoms with Gasteiger partial charge in [0.2, 0.25) is 18.6 Å². The number of fused-ring (bicyclic) bond motifs is 1. The van der Waals surface area contributed by atoms with E-state index >= 15 is 0 Å². The molecule has 4 rings (SSSR count). The Hall–Kier alpha value is -3.28. The summed E-state index contributed by atoms with van der Waals surface area (Å²) in [6, 6.07) is 13.4. The van der Waals surface area contributed by atoms with E-state index in [4.69, 9.17) is 9.47 Å². The number of hydrogen-bond acceptors (Lipinski definition) is 4. The van der Waals surface area contributed by atoms with Gasteiger partial charge in [-0.1, -0.05) is 30.3 Å². The molecule has 0 spiro atoms. The van der Waals surface area contributed by atoms with Gasteiger partial charge in [-0.3, -0.25) is 9.59 Å². The molecule has 0 saturated carbocycles. The summed E-state index contributed by atoms with van der Waals surface area (Å²) in [5, 5.41) is 2.91. The van der Waals surface area contributed by atoms with Crippen molar-refractivity contribution in [2.24, 2.45) is 0 Å². The smallest absolute Gasteiger partial charge is 0.244 e. The van der Waals surface area contributed by atoms with E-state index in [2.05, 4.69) is 5.32 Å². The lowest BCUT2D eigenvalue weighted by Gasteiger charge is -2.18. The molecule has 0 aliphatic carbocycles. The second kappa shape index (κ2) is 8.17. The molecule has 2 aliphatic heterocycles. The fourth-order valence-electron chi connectivity index (χ4n) is 3.39. The standard InChI is InChI=1S/C22H22N2O4/c25-21(10-8-16-7-9-19-20(12-16)28-15-27-19)23-13-17-4-1-2-5-18(17)14-24-11-3-6-22(24)26/h1-2,4-5,7-10,12H,3,6,11,13-15H2,(H,23,25)/b10-8+. The SMILES string of the molecule is O=C(/C=C/c1ccc2c(c1)OCO2)NCc1ccccc1CN1CCCC1=O. The van der Waals surface area contributed by atoms with Gasteiger partial charge in [-0.2, -0.15) is 0 Å². The molecule has 0 radical (unpaired) electrons. The minimum atomic E-state index is -0.176. The van der Waals surface area contributed by atoms with Crippen LogP contribution in [0, 0.1) is 0 Å². The lowest BCUT2D eigenvalue weighted by molar-refractivity contribution is -0.128. The maximum absolute atomic E-state index is 12.2. The van der Waals surface area contributed by atoms with Crippen LogP contribution < -0.4 is 14.8 Å². The molecule has 2 heterocycles. The molecule has 6 nitrogen and oxygen atoms in total. The molecule has 0 aromatic heterocycles. The van der Waals surface area contributed by atoms with Gasteiger partial charge in [0.15, 0.2) is 11.5 Å². The van der Waals surface area contributed by atoms with Crippen LogP contribution >= 0.6 is 0 Å². The summed E-state index contributed by atoms with van der Waals surface area (Å²) in [4.78, 5) is 26.0. The van der Waals surface area contributed by atoms with Crippen molar-refractivity contribution in [3.63, 3.8) is 0 Å². The number of benzene rings is 2. The molecule has 28 heavy (non-hydrogen) atoms. The van der Waals surface area contributed by atoms with Crippen molar-refractivity contribution in [2.45, 2.75) is 25.9 Å². The zero-order valence-electron chi connectivity index (χ0n) is 15.5. The first-order valence-corrected chi connectivity index (χ1v) is 9.39. The second-order valence-electron chi connectivity index (χ2n) is 6.85. The van der Waals surface area contributed by atoms with Gasteiger partial charge in [0.1, 0.15) is 0 Å². The van der Waals surface area contributed by atoms with Crippen LogP contribution in [-0.2, 0) is 22.7 Å². The first-order chi connectivity index (χ1) is 13.7. The van der Waals surface area contributed by atoms with E-state index in [1.54, 1.807) is 6.08 Å². The summed E-state index contributed by atoms with van der Waals surface area (Å²) in [5.41, 5.74) is 2.96. The maximum atomic E-state index is 12.2. The lowest BCUT2D eigenvalue weighted by Crippen LogP contribution is -2.26. The average Bonchev–Trinajstić information content (AvgIpc) is 3.34. The Morgan fingerprint density at radius 3 is 2.75 bits per heavy atom. The molecular formula is C22H22N2O4. The highest BCUT2D eigenvalue weighted by Gasteiger charge is 2.20. The number of hydrogen-bond donors (Lipinski definition) is 1. The fourth-order valence-corrected chi connectivity index (χ4v) is 3.39. The normalized spacial score (nSPS) is 15.4. The van der Waals surface area contributed by atoms with Crippen molar-refractivity contribution >= 4 is 17.9 Å². The van der Waals surface area contributed by atoms with Crippen LogP contribution in [0.25, 0.3) is 6.08 Å². The number of carbonyl (C=O) groups excluding carboxylic acids is 2. The third kappa shape index (κ3) is 4.17. The van der Waals surface area contributed by atoms with Gasteiger partial charge in [0.25, 0.3) is 0 Å². The molecule has 2 aliphatic rings. The van der Waals surface area contributed by atoms with Crippen LogP contribution in [0.15, 0.2) is 48.5 Å². The highest BCUT2D eigenvalue weighted by atomic mass is 16.7. The Balaban J connectivity index is 1.35. The summed E-state index contributed by atoms with van der Waals surface area (Å²) in [5.74, 6) is 1.43. The van der Waals surface area contributed by atoms with Crippen LogP contribution in [0.5, 0.6) is 11.5 Å². The molecule has 1 N–H and O–H groups in total. The third-order valence-corrected chi connectivity index (χ3v) is 4.93. The minimum Gasteiger partial charge on any atom is -0.454 e. The van der Waals surface area contributed by atoms with Gasteiger partial charge >= 0.3 is 0 Å². The van der Waals surface area contributed by atoms with Crippen LogP contribution in [-0.4, -0.2) is 30.1 Å². The number of nitrogens with one attached hydrogen (secondary N) is 1. The van der Waals surface area contributed by atoms with Gasteiger partial charge in [0.05, 0.1) is 0 Å². The number of carbonyl (C=O) groups is 2. The molecule has 1 saturated heterocycles. The molecule has 2 amide bonds. The van der Waals surface area contributed by atoms with Crippen molar-refractivity contribution in [1.82, 2.24) is 10.2 Å². The van der Waals surface area contributed by atoms with Gasteiger partial charge in [-0.15, -0.1) is 0 Å². The molecular weight excluding hydrogens is 356 g/mol. The van der Waals surface area contributed by atoms with E-state index in [-0.39, 0.29) is 18.6 Å². The fraction of sp³-hybridized carbons (Fsp3) is 0.273. The summed E-state index contributed by atoms with van der Waals surface area (Å²) < 4.78 is 10.6. The van der Waals surface area contributed by atoms with E-state index in [0.29, 0.717) is 25.3 Å². The highest BCUT2D eigenvalue weighted by Crippen LogP contribution is 2.32. The topological polar surface area (TPSA) is 67.9 Å². The Labute approximate surface area is 163 Å². The second-order valence-corrected chi connectivity index (χ2v) is 6.85. The van der Waals surface area contributed by atoms with E-state index in [1.807, 2.05) is 47.4 Å². The molecule has 144 valence electrons. The predicted molar refractivity (Wildman–Crippen MR) is 105 cm³/mol. The highest BCUT2D eigenvalue weighted by molar-refractivity contribution is 5.91. The van der Waals surface area contributed by atoms with E-state index in [1.165, 1.54) is 6.08 Å². The third-order valence-electron chi connectivity index (χ3n) is 4.93. The first-order valence-electron chi connectivity index (χ1n) is 9.39. The molecule has 0 atom stereocenters. The van der Waals surface area contributed by atoms with E-state index in [0.717, 1.165) is 35.4 Å². The van der Waals surface area contributed by atoms with Crippen LogP contribution in [0.4, 0.5) is 0 Å². The summed E-state index contributed by atoms with van der Waals surface area (Å²) >= 11 is 0. The molecule has 0 bridgehead atoms. The predicted octanol–water partition coefficient (Wildman–Crippen LogP) is 2.87. The van der Waals surface area contributed by atoms with Crippen LogP contribution in [0.1, 0.15) is 29.5 Å².